The van der Waals surface area contributed by atoms with Crippen LogP contribution in [-0.2, 0) is 22.7 Å². The summed E-state index contributed by atoms with van der Waals surface area (Å²) in [5.41, 5.74) is -0.761. The van der Waals surface area contributed by atoms with Crippen molar-refractivity contribution in [1.82, 2.24) is 0 Å². The molecule has 0 unspecified atom stereocenters. The van der Waals surface area contributed by atoms with Gasteiger partial charge in [0.1, 0.15) is 5.76 Å². The maximum atomic E-state index is 12.8. The molecule has 0 saturated heterocycles. The Labute approximate surface area is 164 Å². The first-order valence-electron chi connectivity index (χ1n) is 8.19. The van der Waals surface area contributed by atoms with Crippen LogP contribution in [-0.4, -0.2) is 14.3 Å². The summed E-state index contributed by atoms with van der Waals surface area (Å²) >= 11 is 0. The molecule has 10 heteroatoms. The molecule has 2 aromatic carbocycles. The molecule has 3 rings (SSSR count). The average molecular weight is 423 g/mol. The van der Waals surface area contributed by atoms with Crippen molar-refractivity contribution in [3.63, 3.8) is 0 Å². The summed E-state index contributed by atoms with van der Waals surface area (Å²) in [6.45, 7) is 0.0652. The summed E-state index contributed by atoms with van der Waals surface area (Å²) in [7, 11) is -4.24. The van der Waals surface area contributed by atoms with Crippen LogP contribution in [0.25, 0.3) is 0 Å². The van der Waals surface area contributed by atoms with E-state index in [-0.39, 0.29) is 17.8 Å². The lowest BCUT2D eigenvalue weighted by atomic mass is 10.2. The molecular weight excluding hydrogens is 409 g/mol. The fourth-order valence-electron chi connectivity index (χ4n) is 2.38. The highest BCUT2D eigenvalue weighted by atomic mass is 32.2. The van der Waals surface area contributed by atoms with Crippen molar-refractivity contribution in [2.45, 2.75) is 17.6 Å². The molecule has 0 amide bonds. The van der Waals surface area contributed by atoms with Gasteiger partial charge in [-0.1, -0.05) is 18.2 Å². The van der Waals surface area contributed by atoms with Gasteiger partial charge in [-0.15, -0.1) is 0 Å². The summed E-state index contributed by atoms with van der Waals surface area (Å²) in [4.78, 5) is 3.32. The quantitative estimate of drug-likeness (QED) is 0.486. The Morgan fingerprint density at radius 3 is 2.41 bits per heavy atom. The van der Waals surface area contributed by atoms with Crippen LogP contribution in [0.4, 0.5) is 18.9 Å². The van der Waals surface area contributed by atoms with Gasteiger partial charge in [-0.25, -0.2) is 8.42 Å². The Kier molecular flexibility index (Phi) is 5.64. The van der Waals surface area contributed by atoms with Crippen LogP contribution in [0.2, 0.25) is 0 Å². The van der Waals surface area contributed by atoms with Gasteiger partial charge in [0.15, 0.2) is 0 Å². The van der Waals surface area contributed by atoms with Gasteiger partial charge in [-0.3, -0.25) is 9.71 Å². The number of rotatable bonds is 6. The second-order valence-electron chi connectivity index (χ2n) is 5.91. The maximum absolute atomic E-state index is 12.8. The number of nitrogens with one attached hydrogen (secondary N) is 1. The van der Waals surface area contributed by atoms with E-state index in [1.54, 1.807) is 12.1 Å². The summed E-state index contributed by atoms with van der Waals surface area (Å²) in [5, 5.41) is 12.0. The molecule has 0 bridgehead atoms. The van der Waals surface area contributed by atoms with Gasteiger partial charge in [0, 0.05) is 5.69 Å². The Morgan fingerprint density at radius 2 is 1.79 bits per heavy atom. The molecule has 0 aliphatic rings. The van der Waals surface area contributed by atoms with E-state index < -0.39 is 32.6 Å². The number of hydrogen-bond donors (Lipinski definition) is 1. The normalized spacial score (nSPS) is 12.7. The molecular formula is C19H14F3N2O4S-. The molecule has 3 aromatic rings. The molecule has 0 radical (unpaired) electrons. The van der Waals surface area contributed by atoms with E-state index in [1.807, 2.05) is 0 Å². The van der Waals surface area contributed by atoms with Crippen LogP contribution in [0, 0.1) is 0 Å². The van der Waals surface area contributed by atoms with Gasteiger partial charge in [-0.05, 0) is 53.9 Å². The van der Waals surface area contributed by atoms with Crippen molar-refractivity contribution in [3.05, 3.63) is 83.8 Å². The van der Waals surface area contributed by atoms with E-state index in [1.165, 1.54) is 30.5 Å². The second-order valence-corrected chi connectivity index (χ2v) is 7.59. The van der Waals surface area contributed by atoms with E-state index in [2.05, 4.69) is 9.71 Å². The number of furan rings is 1. The largest absolute Gasteiger partial charge is 0.858 e. The summed E-state index contributed by atoms with van der Waals surface area (Å²) in [6.07, 6.45) is -3.20. The Hall–Kier alpha value is -3.27. The molecule has 0 fully saturated rings. The molecule has 29 heavy (non-hydrogen) atoms. The first-order valence-corrected chi connectivity index (χ1v) is 9.68. The number of hydrogen-bond acceptors (Lipinski definition) is 5. The third kappa shape index (κ3) is 5.17. The van der Waals surface area contributed by atoms with E-state index in [4.69, 9.17) is 4.42 Å². The fourth-order valence-corrected chi connectivity index (χ4v) is 3.48. The lowest BCUT2D eigenvalue weighted by Gasteiger charge is -2.13. The predicted molar refractivity (Wildman–Crippen MR) is 97.6 cm³/mol. The third-order valence-corrected chi connectivity index (χ3v) is 5.19. The van der Waals surface area contributed by atoms with Gasteiger partial charge < -0.3 is 9.52 Å². The van der Waals surface area contributed by atoms with Crippen molar-refractivity contribution in [3.8, 4) is 0 Å². The van der Waals surface area contributed by atoms with E-state index in [9.17, 15) is 26.7 Å². The zero-order chi connectivity index (χ0) is 21.1. The minimum absolute atomic E-state index is 0.0652. The number of sulfonamides is 1. The fraction of sp³-hybridized carbons (Fsp3) is 0.105. The van der Waals surface area contributed by atoms with E-state index in [0.29, 0.717) is 11.8 Å². The number of nitrogens with zero attached hydrogens (tertiary/aromatic N) is 1. The molecule has 152 valence electrons. The number of benzene rings is 2. The average Bonchev–Trinajstić information content (AvgIpc) is 3.19. The molecule has 0 saturated carbocycles. The van der Waals surface area contributed by atoms with Crippen molar-refractivity contribution >= 4 is 21.6 Å². The smallest absolute Gasteiger partial charge is 0.416 e. The van der Waals surface area contributed by atoms with Crippen LogP contribution in [0.5, 0.6) is 0 Å². The van der Waals surface area contributed by atoms with Crippen molar-refractivity contribution < 1.29 is 31.1 Å². The van der Waals surface area contributed by atoms with Gasteiger partial charge in [0.2, 0.25) is 0 Å². The van der Waals surface area contributed by atoms with E-state index in [0.717, 1.165) is 18.2 Å². The molecule has 1 heterocycles. The molecule has 0 aliphatic carbocycles. The zero-order valence-corrected chi connectivity index (χ0v) is 15.5. The summed E-state index contributed by atoms with van der Waals surface area (Å²) in [5.74, 6) is -0.00231. The molecule has 6 nitrogen and oxygen atoms in total. The van der Waals surface area contributed by atoms with Crippen molar-refractivity contribution in [2.75, 3.05) is 4.72 Å². The first-order chi connectivity index (χ1) is 13.6. The Bertz CT molecular complexity index is 1110. The SMILES string of the molecule is O=S(=O)(Nc1ccc(C([O-])=NCc2ccco2)cc1)c1cccc(C(F)(F)F)c1. The zero-order valence-electron chi connectivity index (χ0n) is 14.7. The standard InChI is InChI=1S/C19H15F3N2O4S/c20-19(21,22)14-3-1-5-17(11-14)29(26,27)24-15-8-6-13(7-9-15)18(25)23-12-16-4-2-10-28-16/h1-11,24H,12H2,(H,23,25)/p-1. The predicted octanol–water partition coefficient (Wildman–Crippen LogP) is 3.41. The lowest BCUT2D eigenvalue weighted by Crippen LogP contribution is -2.19. The monoisotopic (exact) mass is 423 g/mol. The maximum Gasteiger partial charge on any atom is 0.416 e. The third-order valence-electron chi connectivity index (χ3n) is 3.81. The first kappa shape index (κ1) is 20.5. The van der Waals surface area contributed by atoms with Crippen LogP contribution in [0.3, 0.4) is 0 Å². The van der Waals surface area contributed by atoms with Crippen molar-refractivity contribution in [2.24, 2.45) is 4.99 Å². The number of halogens is 3. The number of aliphatic imine (C=N–C) groups is 1. The van der Waals surface area contributed by atoms with Crippen LogP contribution < -0.4 is 9.83 Å². The molecule has 0 aliphatic heterocycles. The van der Waals surface area contributed by atoms with Gasteiger partial charge >= 0.3 is 6.18 Å². The molecule has 0 atom stereocenters. The molecule has 0 spiro atoms. The second kappa shape index (κ2) is 8.00. The van der Waals surface area contributed by atoms with Crippen LogP contribution in [0.1, 0.15) is 16.9 Å². The highest BCUT2D eigenvalue weighted by Gasteiger charge is 2.31. The topological polar surface area (TPSA) is 94.7 Å². The van der Waals surface area contributed by atoms with Crippen LogP contribution in [0.15, 0.2) is 81.2 Å². The highest BCUT2D eigenvalue weighted by Crippen LogP contribution is 2.30. The minimum Gasteiger partial charge on any atom is -0.858 e. The van der Waals surface area contributed by atoms with Crippen LogP contribution >= 0.6 is 0 Å². The minimum atomic E-state index is -4.66. The molecule has 1 aromatic heterocycles. The number of alkyl halides is 3. The van der Waals surface area contributed by atoms with Gasteiger partial charge in [0.05, 0.1) is 23.3 Å². The molecule has 1 N–H and O–H groups in total. The van der Waals surface area contributed by atoms with Gasteiger partial charge in [0.25, 0.3) is 10.0 Å². The highest BCUT2D eigenvalue weighted by molar-refractivity contribution is 7.92. The van der Waals surface area contributed by atoms with Gasteiger partial charge in [-0.2, -0.15) is 13.2 Å². The summed E-state index contributed by atoms with van der Waals surface area (Å²) < 4.78 is 70.4. The van der Waals surface area contributed by atoms with Crippen molar-refractivity contribution in [1.29, 1.82) is 0 Å². The Balaban J connectivity index is 1.74. The lowest BCUT2D eigenvalue weighted by molar-refractivity contribution is -0.213. The van der Waals surface area contributed by atoms with E-state index >= 15 is 0 Å². The summed E-state index contributed by atoms with van der Waals surface area (Å²) in [6, 6.07) is 12.1. The number of anilines is 1. The Morgan fingerprint density at radius 1 is 1.07 bits per heavy atom.